The standard InChI is InChI=1S/C13H11BrS3/c1-7-5-9(8(2)16-7)13(14)12-6-11-10(17-12)3-4-15-11/h3-6,13H,1-2H3. The SMILES string of the molecule is Cc1cc(C(Br)c2cc3sccc3s2)c(C)s1. The van der Waals surface area contributed by atoms with E-state index < -0.39 is 0 Å². The van der Waals surface area contributed by atoms with Crippen LogP contribution in [0.2, 0.25) is 0 Å². The maximum atomic E-state index is 3.84. The highest BCUT2D eigenvalue weighted by Crippen LogP contribution is 2.42. The molecule has 17 heavy (non-hydrogen) atoms. The van der Waals surface area contributed by atoms with E-state index in [4.69, 9.17) is 0 Å². The minimum atomic E-state index is 0.344. The highest BCUT2D eigenvalue weighted by molar-refractivity contribution is 9.09. The fraction of sp³-hybridized carbons (Fsp3) is 0.231. The summed E-state index contributed by atoms with van der Waals surface area (Å²) < 4.78 is 2.80. The number of hydrogen-bond donors (Lipinski definition) is 0. The minimum Gasteiger partial charge on any atom is -0.146 e. The number of halogens is 1. The molecule has 4 heteroatoms. The van der Waals surface area contributed by atoms with Gasteiger partial charge in [0.2, 0.25) is 0 Å². The lowest BCUT2D eigenvalue weighted by atomic mass is 10.1. The summed E-state index contributed by atoms with van der Waals surface area (Å²) in [6.07, 6.45) is 0. The Morgan fingerprint density at radius 2 is 1.94 bits per heavy atom. The molecule has 88 valence electrons. The number of aryl methyl sites for hydroxylation is 2. The molecule has 3 aromatic heterocycles. The van der Waals surface area contributed by atoms with Crippen LogP contribution in [0.5, 0.6) is 0 Å². The van der Waals surface area contributed by atoms with Crippen LogP contribution in [0.15, 0.2) is 23.6 Å². The number of rotatable bonds is 2. The topological polar surface area (TPSA) is 0 Å². The second kappa shape index (κ2) is 4.50. The highest BCUT2D eigenvalue weighted by Gasteiger charge is 2.17. The molecule has 3 rings (SSSR count). The van der Waals surface area contributed by atoms with E-state index in [1.54, 1.807) is 0 Å². The number of hydrogen-bond acceptors (Lipinski definition) is 3. The molecule has 0 nitrogen and oxygen atoms in total. The highest BCUT2D eigenvalue weighted by atomic mass is 79.9. The van der Waals surface area contributed by atoms with Gasteiger partial charge in [-0.25, -0.2) is 0 Å². The Morgan fingerprint density at radius 1 is 1.12 bits per heavy atom. The van der Waals surface area contributed by atoms with E-state index in [1.807, 2.05) is 34.0 Å². The Kier molecular flexibility index (Phi) is 3.15. The molecule has 1 unspecified atom stereocenters. The van der Waals surface area contributed by atoms with Gasteiger partial charge in [-0.15, -0.1) is 34.0 Å². The van der Waals surface area contributed by atoms with Crippen LogP contribution in [-0.2, 0) is 0 Å². The Morgan fingerprint density at radius 3 is 2.59 bits per heavy atom. The molecule has 0 aliphatic rings. The van der Waals surface area contributed by atoms with E-state index in [0.29, 0.717) is 4.83 Å². The molecular formula is C13H11BrS3. The van der Waals surface area contributed by atoms with Crippen molar-refractivity contribution in [2.45, 2.75) is 18.7 Å². The molecule has 0 N–H and O–H groups in total. The molecule has 0 saturated heterocycles. The second-order valence-corrected chi connectivity index (χ2v) is 8.47. The smallest absolute Gasteiger partial charge is 0.0749 e. The average Bonchev–Trinajstić information content (AvgIpc) is 2.90. The van der Waals surface area contributed by atoms with Gasteiger partial charge in [0.05, 0.1) is 4.83 Å². The molecule has 0 aromatic carbocycles. The Labute approximate surface area is 121 Å². The lowest BCUT2D eigenvalue weighted by Crippen LogP contribution is -1.88. The third-order valence-electron chi connectivity index (χ3n) is 2.76. The van der Waals surface area contributed by atoms with E-state index in [-0.39, 0.29) is 0 Å². The quantitative estimate of drug-likeness (QED) is 0.491. The molecule has 0 fully saturated rings. The molecule has 0 aliphatic carbocycles. The van der Waals surface area contributed by atoms with Crippen LogP contribution in [0, 0.1) is 13.8 Å². The van der Waals surface area contributed by atoms with E-state index in [9.17, 15) is 0 Å². The average molecular weight is 343 g/mol. The molecule has 1 atom stereocenters. The van der Waals surface area contributed by atoms with E-state index in [1.165, 1.54) is 29.6 Å². The van der Waals surface area contributed by atoms with Crippen LogP contribution < -0.4 is 0 Å². The van der Waals surface area contributed by atoms with Crippen molar-refractivity contribution >= 4 is 59.3 Å². The number of alkyl halides is 1. The van der Waals surface area contributed by atoms with Gasteiger partial charge in [0.1, 0.15) is 0 Å². The van der Waals surface area contributed by atoms with Crippen molar-refractivity contribution in [1.29, 1.82) is 0 Å². The first-order valence-electron chi connectivity index (χ1n) is 5.33. The summed E-state index contributed by atoms with van der Waals surface area (Å²) in [4.78, 5) is 4.56. The molecule has 0 spiro atoms. The molecule has 3 aromatic rings. The van der Waals surface area contributed by atoms with Crippen molar-refractivity contribution in [2.75, 3.05) is 0 Å². The van der Waals surface area contributed by atoms with Crippen LogP contribution in [0.4, 0.5) is 0 Å². The minimum absolute atomic E-state index is 0.344. The molecule has 0 bridgehead atoms. The van der Waals surface area contributed by atoms with Gasteiger partial charge in [0.15, 0.2) is 0 Å². The van der Waals surface area contributed by atoms with Crippen LogP contribution in [0.3, 0.4) is 0 Å². The maximum Gasteiger partial charge on any atom is 0.0749 e. The van der Waals surface area contributed by atoms with Crippen molar-refractivity contribution in [2.24, 2.45) is 0 Å². The Bertz CT molecular complexity index is 631. The first-order valence-corrected chi connectivity index (χ1v) is 8.76. The summed E-state index contributed by atoms with van der Waals surface area (Å²) in [7, 11) is 0. The van der Waals surface area contributed by atoms with E-state index >= 15 is 0 Å². The van der Waals surface area contributed by atoms with Gasteiger partial charge in [-0.05, 0) is 43.0 Å². The Hall–Kier alpha value is -0.160. The van der Waals surface area contributed by atoms with Gasteiger partial charge < -0.3 is 0 Å². The summed E-state index contributed by atoms with van der Waals surface area (Å²) >= 11 is 9.44. The molecule has 0 radical (unpaired) electrons. The van der Waals surface area contributed by atoms with Crippen LogP contribution >= 0.6 is 49.9 Å². The monoisotopic (exact) mass is 342 g/mol. The predicted octanol–water partition coefficient (Wildman–Crippen LogP) is 6.13. The lowest BCUT2D eigenvalue weighted by molar-refractivity contribution is 1.21. The van der Waals surface area contributed by atoms with Crippen molar-refractivity contribution in [1.82, 2.24) is 0 Å². The first kappa shape index (κ1) is 11.9. The fourth-order valence-electron chi connectivity index (χ4n) is 1.96. The van der Waals surface area contributed by atoms with Gasteiger partial charge in [-0.1, -0.05) is 15.9 Å². The van der Waals surface area contributed by atoms with Crippen LogP contribution in [0.25, 0.3) is 9.40 Å². The second-order valence-electron chi connectivity index (χ2n) is 4.03. The van der Waals surface area contributed by atoms with Crippen molar-refractivity contribution in [3.8, 4) is 0 Å². The summed E-state index contributed by atoms with van der Waals surface area (Å²) in [5.41, 5.74) is 1.42. The summed E-state index contributed by atoms with van der Waals surface area (Å²) in [5, 5.41) is 2.16. The van der Waals surface area contributed by atoms with Gasteiger partial charge in [0.25, 0.3) is 0 Å². The molecular weight excluding hydrogens is 332 g/mol. The maximum absolute atomic E-state index is 3.84. The van der Waals surface area contributed by atoms with Gasteiger partial charge in [-0.3, -0.25) is 0 Å². The zero-order chi connectivity index (χ0) is 12.0. The summed E-state index contributed by atoms with van der Waals surface area (Å²) in [6.45, 7) is 4.38. The zero-order valence-electron chi connectivity index (χ0n) is 9.49. The first-order chi connectivity index (χ1) is 8.15. The van der Waals surface area contributed by atoms with Gasteiger partial charge in [-0.2, -0.15) is 0 Å². The van der Waals surface area contributed by atoms with Crippen molar-refractivity contribution in [3.05, 3.63) is 43.8 Å². The molecule has 0 aliphatic heterocycles. The number of thiophene rings is 3. The molecule has 3 heterocycles. The Balaban J connectivity index is 2.04. The van der Waals surface area contributed by atoms with Crippen molar-refractivity contribution < 1.29 is 0 Å². The summed E-state index contributed by atoms with van der Waals surface area (Å²) in [6, 6.07) is 6.82. The van der Waals surface area contributed by atoms with E-state index in [2.05, 4.69) is 53.4 Å². The largest absolute Gasteiger partial charge is 0.146 e. The van der Waals surface area contributed by atoms with Crippen LogP contribution in [-0.4, -0.2) is 0 Å². The normalized spacial score (nSPS) is 13.4. The zero-order valence-corrected chi connectivity index (χ0v) is 13.5. The van der Waals surface area contributed by atoms with Crippen molar-refractivity contribution in [3.63, 3.8) is 0 Å². The molecule has 0 saturated carbocycles. The third-order valence-corrected chi connectivity index (χ3v) is 7.19. The van der Waals surface area contributed by atoms with Gasteiger partial charge in [0, 0.05) is 24.0 Å². The van der Waals surface area contributed by atoms with E-state index in [0.717, 1.165) is 0 Å². The number of fused-ring (bicyclic) bond motifs is 1. The summed E-state index contributed by atoms with van der Waals surface area (Å²) in [5.74, 6) is 0. The molecule has 0 amide bonds. The lowest BCUT2D eigenvalue weighted by Gasteiger charge is -2.06. The predicted molar refractivity (Wildman–Crippen MR) is 84.3 cm³/mol. The fourth-order valence-corrected chi connectivity index (χ4v) is 6.08. The third kappa shape index (κ3) is 2.12. The van der Waals surface area contributed by atoms with Crippen LogP contribution in [0.1, 0.15) is 25.0 Å². The van der Waals surface area contributed by atoms with Gasteiger partial charge >= 0.3 is 0 Å².